The van der Waals surface area contributed by atoms with Crippen molar-refractivity contribution in [2.75, 3.05) is 11.9 Å². The lowest BCUT2D eigenvalue weighted by Gasteiger charge is -2.11. The van der Waals surface area contributed by atoms with Crippen LogP contribution in [0.1, 0.15) is 33.3 Å². The summed E-state index contributed by atoms with van der Waals surface area (Å²) in [5.74, 6) is 1.33. The second kappa shape index (κ2) is 8.73. The minimum Gasteiger partial charge on any atom is -0.490 e. The highest BCUT2D eigenvalue weighted by Crippen LogP contribution is 2.28. The topological polar surface area (TPSA) is 47.6 Å². The predicted molar refractivity (Wildman–Crippen MR) is 110 cm³/mol. The Kier molecular flexibility index (Phi) is 6.14. The van der Waals surface area contributed by atoms with Crippen molar-refractivity contribution in [3.63, 3.8) is 0 Å². The fourth-order valence-corrected chi connectivity index (χ4v) is 3.55. The molecule has 0 radical (unpaired) electrons. The Morgan fingerprint density at radius 2 is 1.67 bits per heavy atom. The van der Waals surface area contributed by atoms with Gasteiger partial charge in [-0.2, -0.15) is 0 Å². The molecule has 0 fully saturated rings. The van der Waals surface area contributed by atoms with Crippen LogP contribution in [0.3, 0.4) is 0 Å². The highest BCUT2D eigenvalue weighted by atomic mass is 32.1. The Hall–Kier alpha value is -2.79. The molecule has 0 bridgehead atoms. The molecular formula is C22H23NO3S. The molecule has 0 saturated heterocycles. The summed E-state index contributed by atoms with van der Waals surface area (Å²) < 4.78 is 11.4. The molecule has 27 heavy (non-hydrogen) atoms. The first-order valence-corrected chi connectivity index (χ1v) is 9.76. The van der Waals surface area contributed by atoms with E-state index in [1.54, 1.807) is 0 Å². The molecule has 1 heterocycles. The Balaban J connectivity index is 1.66. The van der Waals surface area contributed by atoms with Crippen molar-refractivity contribution in [3.05, 3.63) is 75.5 Å². The number of hydrogen-bond acceptors (Lipinski definition) is 4. The molecule has 2 aromatic carbocycles. The van der Waals surface area contributed by atoms with Crippen molar-refractivity contribution in [3.8, 4) is 11.5 Å². The maximum atomic E-state index is 12.6. The number of carbonyl (C=O) groups excluding carboxylic acids is 1. The van der Waals surface area contributed by atoms with E-state index in [9.17, 15) is 4.79 Å². The molecule has 1 amide bonds. The number of hydrogen-bond donors (Lipinski definition) is 1. The molecular weight excluding hydrogens is 358 g/mol. The molecule has 1 N–H and O–H groups in total. The van der Waals surface area contributed by atoms with Crippen LogP contribution in [0.2, 0.25) is 0 Å². The Labute approximate surface area is 163 Å². The lowest BCUT2D eigenvalue weighted by molar-refractivity contribution is 0.103. The molecule has 4 nitrogen and oxygen atoms in total. The fraction of sp³-hybridized carbons (Fsp3) is 0.227. The number of aryl methyl sites for hydroxylation is 2. The van der Waals surface area contributed by atoms with Crippen LogP contribution in [-0.4, -0.2) is 12.5 Å². The molecule has 5 heteroatoms. The highest BCUT2D eigenvalue weighted by molar-refractivity contribution is 7.12. The Bertz CT molecular complexity index is 913. The number of carbonyl (C=O) groups is 1. The average Bonchev–Trinajstić information content (AvgIpc) is 3.13. The van der Waals surface area contributed by atoms with Gasteiger partial charge in [0.25, 0.3) is 5.91 Å². The van der Waals surface area contributed by atoms with Crippen molar-refractivity contribution >= 4 is 22.9 Å². The lowest BCUT2D eigenvalue weighted by Crippen LogP contribution is -2.12. The number of benzene rings is 2. The van der Waals surface area contributed by atoms with Gasteiger partial charge in [0.05, 0.1) is 11.5 Å². The van der Waals surface area contributed by atoms with Gasteiger partial charge in [-0.25, -0.2) is 0 Å². The van der Waals surface area contributed by atoms with Crippen LogP contribution in [0.4, 0.5) is 5.69 Å². The molecule has 1 aromatic heterocycles. The van der Waals surface area contributed by atoms with Gasteiger partial charge in [-0.05, 0) is 55.5 Å². The van der Waals surface area contributed by atoms with Crippen LogP contribution in [0.15, 0.2) is 53.9 Å². The van der Waals surface area contributed by atoms with Crippen LogP contribution in [0.25, 0.3) is 0 Å². The van der Waals surface area contributed by atoms with Crippen molar-refractivity contribution < 1.29 is 14.3 Å². The Morgan fingerprint density at radius 1 is 1.00 bits per heavy atom. The number of nitrogens with one attached hydrogen (secondary N) is 1. The fourth-order valence-electron chi connectivity index (χ4n) is 2.76. The number of ether oxygens (including phenoxy) is 2. The zero-order chi connectivity index (χ0) is 19.2. The number of amides is 1. The van der Waals surface area contributed by atoms with E-state index in [0.29, 0.717) is 23.8 Å². The summed E-state index contributed by atoms with van der Waals surface area (Å²) in [5, 5.41) is 4.97. The summed E-state index contributed by atoms with van der Waals surface area (Å²) in [6.45, 7) is 6.90. The van der Waals surface area contributed by atoms with Crippen molar-refractivity contribution in [2.24, 2.45) is 0 Å². The SMILES string of the molecule is CCOc1ccccc1OCc1csc(C(=O)Nc2c(C)cccc2C)c1. The van der Waals surface area contributed by atoms with E-state index in [-0.39, 0.29) is 5.91 Å². The summed E-state index contributed by atoms with van der Waals surface area (Å²) in [6.07, 6.45) is 0. The summed E-state index contributed by atoms with van der Waals surface area (Å²) in [5.41, 5.74) is 3.93. The third kappa shape index (κ3) is 4.68. The standard InChI is InChI=1S/C22H23NO3S/c1-4-25-18-10-5-6-11-19(18)26-13-17-12-20(27-14-17)22(24)23-21-15(2)8-7-9-16(21)3/h5-12,14H,4,13H2,1-3H3,(H,23,24). The van der Waals surface area contributed by atoms with Gasteiger partial charge in [-0.15, -0.1) is 11.3 Å². The molecule has 0 aliphatic carbocycles. The number of rotatable bonds is 7. The molecule has 0 saturated carbocycles. The maximum Gasteiger partial charge on any atom is 0.265 e. The van der Waals surface area contributed by atoms with E-state index in [1.165, 1.54) is 11.3 Å². The smallest absolute Gasteiger partial charge is 0.265 e. The van der Waals surface area contributed by atoms with Gasteiger partial charge in [-0.1, -0.05) is 30.3 Å². The predicted octanol–water partition coefficient (Wildman–Crippen LogP) is 5.59. The van der Waals surface area contributed by atoms with Gasteiger partial charge in [-0.3, -0.25) is 4.79 Å². The van der Waals surface area contributed by atoms with Gasteiger partial charge in [0.15, 0.2) is 11.5 Å². The zero-order valence-corrected chi connectivity index (χ0v) is 16.6. The normalized spacial score (nSPS) is 10.5. The first kappa shape index (κ1) is 19.0. The van der Waals surface area contributed by atoms with Crippen molar-refractivity contribution in [1.82, 2.24) is 0 Å². The summed E-state index contributed by atoms with van der Waals surface area (Å²) >= 11 is 1.41. The van der Waals surface area contributed by atoms with Crippen molar-refractivity contribution in [2.45, 2.75) is 27.4 Å². The second-order valence-electron chi connectivity index (χ2n) is 6.21. The lowest BCUT2D eigenvalue weighted by atomic mass is 10.1. The van der Waals surface area contributed by atoms with E-state index >= 15 is 0 Å². The molecule has 0 aliphatic rings. The van der Waals surface area contributed by atoms with E-state index < -0.39 is 0 Å². The van der Waals surface area contributed by atoms with Gasteiger partial charge < -0.3 is 14.8 Å². The molecule has 140 valence electrons. The van der Waals surface area contributed by atoms with E-state index in [2.05, 4.69) is 5.32 Å². The maximum absolute atomic E-state index is 12.6. The third-order valence-electron chi connectivity index (χ3n) is 4.14. The molecule has 0 aliphatic heterocycles. The minimum atomic E-state index is -0.0987. The quantitative estimate of drug-likeness (QED) is 0.580. The summed E-state index contributed by atoms with van der Waals surface area (Å²) in [6, 6.07) is 15.4. The first-order valence-electron chi connectivity index (χ1n) is 8.88. The summed E-state index contributed by atoms with van der Waals surface area (Å²) in [4.78, 5) is 13.2. The molecule has 0 unspecified atom stereocenters. The molecule has 0 atom stereocenters. The van der Waals surface area contributed by atoms with Crippen LogP contribution in [0, 0.1) is 13.8 Å². The highest BCUT2D eigenvalue weighted by Gasteiger charge is 2.13. The average molecular weight is 381 g/mol. The van der Waals surface area contributed by atoms with Gasteiger partial charge in [0.1, 0.15) is 6.61 Å². The minimum absolute atomic E-state index is 0.0987. The largest absolute Gasteiger partial charge is 0.490 e. The zero-order valence-electron chi connectivity index (χ0n) is 15.7. The van der Waals surface area contributed by atoms with Crippen LogP contribution in [-0.2, 0) is 6.61 Å². The third-order valence-corrected chi connectivity index (χ3v) is 5.12. The number of para-hydroxylation sites is 3. The monoisotopic (exact) mass is 381 g/mol. The first-order chi connectivity index (χ1) is 13.1. The number of thiophene rings is 1. The van der Waals surface area contributed by atoms with E-state index in [4.69, 9.17) is 9.47 Å². The van der Waals surface area contributed by atoms with Crippen LogP contribution >= 0.6 is 11.3 Å². The number of anilines is 1. The molecule has 3 aromatic rings. The van der Waals surface area contributed by atoms with Crippen LogP contribution in [0.5, 0.6) is 11.5 Å². The summed E-state index contributed by atoms with van der Waals surface area (Å²) in [7, 11) is 0. The molecule has 3 rings (SSSR count). The van der Waals surface area contributed by atoms with E-state index in [0.717, 1.165) is 28.1 Å². The van der Waals surface area contributed by atoms with Gasteiger partial charge in [0.2, 0.25) is 0 Å². The molecule has 0 spiro atoms. The van der Waals surface area contributed by atoms with Gasteiger partial charge >= 0.3 is 0 Å². The van der Waals surface area contributed by atoms with Crippen molar-refractivity contribution in [1.29, 1.82) is 0 Å². The van der Waals surface area contributed by atoms with E-state index in [1.807, 2.05) is 74.7 Å². The Morgan fingerprint density at radius 3 is 2.33 bits per heavy atom. The van der Waals surface area contributed by atoms with Gasteiger partial charge in [0, 0.05) is 11.3 Å². The van der Waals surface area contributed by atoms with Crippen LogP contribution < -0.4 is 14.8 Å². The second-order valence-corrected chi connectivity index (χ2v) is 7.12.